The van der Waals surface area contributed by atoms with E-state index < -0.39 is 22.0 Å². The fraction of sp³-hybridized carbons (Fsp3) is 0.462. The third-order valence-electron chi connectivity index (χ3n) is 3.27. The number of sulfonamides is 1. The monoisotopic (exact) mass is 298 g/mol. The summed E-state index contributed by atoms with van der Waals surface area (Å²) < 4.78 is 31.4. The lowest BCUT2D eigenvalue weighted by molar-refractivity contribution is -0.146. The number of carbonyl (C=O) groups is 1. The fourth-order valence-corrected chi connectivity index (χ4v) is 4.11. The zero-order chi connectivity index (χ0) is 14.8. The summed E-state index contributed by atoms with van der Waals surface area (Å²) in [5.74, 6) is -0.497. The predicted molar refractivity (Wildman–Crippen MR) is 74.4 cm³/mol. The second-order valence-corrected chi connectivity index (χ2v) is 6.42. The molecule has 1 saturated heterocycles. The Hall–Kier alpha value is -1.60. The summed E-state index contributed by atoms with van der Waals surface area (Å²) >= 11 is 0. The first-order valence-corrected chi connectivity index (χ1v) is 7.95. The molecule has 7 heteroatoms. The van der Waals surface area contributed by atoms with Crippen molar-refractivity contribution in [3.05, 3.63) is 24.3 Å². The minimum atomic E-state index is -3.77. The molecule has 1 aliphatic rings. The number of benzene rings is 1. The lowest BCUT2D eigenvalue weighted by atomic mass is 10.2. The van der Waals surface area contributed by atoms with Gasteiger partial charge in [0, 0.05) is 6.54 Å². The Morgan fingerprint density at radius 3 is 2.80 bits per heavy atom. The van der Waals surface area contributed by atoms with Crippen LogP contribution in [-0.2, 0) is 19.6 Å². The molecule has 0 amide bonds. The number of hydrogen-bond acceptors (Lipinski definition) is 5. The van der Waals surface area contributed by atoms with Gasteiger partial charge in [-0.2, -0.15) is 4.31 Å². The standard InChI is InChI=1S/C13H18N2O4S/c1-2-19-13(16)11-7-5-9-15(11)20(17,18)12-8-4-3-6-10(12)14/h3-4,6,8,11H,2,5,7,9,14H2,1H3. The van der Waals surface area contributed by atoms with Crippen molar-refractivity contribution in [2.45, 2.75) is 30.7 Å². The highest BCUT2D eigenvalue weighted by molar-refractivity contribution is 7.89. The van der Waals surface area contributed by atoms with Crippen LogP contribution in [0.4, 0.5) is 5.69 Å². The molecule has 1 aliphatic heterocycles. The highest BCUT2D eigenvalue weighted by atomic mass is 32.2. The number of anilines is 1. The van der Waals surface area contributed by atoms with Gasteiger partial charge in [0.1, 0.15) is 10.9 Å². The maximum Gasteiger partial charge on any atom is 0.324 e. The molecular formula is C13H18N2O4S. The first-order valence-electron chi connectivity index (χ1n) is 6.51. The molecule has 0 aliphatic carbocycles. The number of hydrogen-bond donors (Lipinski definition) is 1. The molecule has 1 aromatic rings. The average Bonchev–Trinajstić information content (AvgIpc) is 2.89. The third-order valence-corrected chi connectivity index (χ3v) is 5.25. The topological polar surface area (TPSA) is 89.7 Å². The molecule has 1 atom stereocenters. The van der Waals surface area contributed by atoms with E-state index in [4.69, 9.17) is 10.5 Å². The molecule has 1 aromatic carbocycles. The van der Waals surface area contributed by atoms with Crippen molar-refractivity contribution in [1.29, 1.82) is 0 Å². The van der Waals surface area contributed by atoms with E-state index in [0.717, 1.165) is 0 Å². The molecule has 110 valence electrons. The van der Waals surface area contributed by atoms with E-state index in [1.807, 2.05) is 0 Å². The second-order valence-electron chi connectivity index (χ2n) is 4.56. The van der Waals surface area contributed by atoms with Gasteiger partial charge in [0.15, 0.2) is 0 Å². The zero-order valence-electron chi connectivity index (χ0n) is 11.3. The van der Waals surface area contributed by atoms with Crippen molar-refractivity contribution < 1.29 is 17.9 Å². The summed E-state index contributed by atoms with van der Waals surface area (Å²) in [6.07, 6.45) is 1.11. The van der Waals surface area contributed by atoms with Gasteiger partial charge < -0.3 is 10.5 Å². The smallest absolute Gasteiger partial charge is 0.324 e. The van der Waals surface area contributed by atoms with Gasteiger partial charge in [0.2, 0.25) is 10.0 Å². The van der Waals surface area contributed by atoms with Gasteiger partial charge in [-0.1, -0.05) is 12.1 Å². The van der Waals surface area contributed by atoms with Crippen molar-refractivity contribution in [2.24, 2.45) is 0 Å². The van der Waals surface area contributed by atoms with Crippen LogP contribution < -0.4 is 5.73 Å². The fourth-order valence-electron chi connectivity index (χ4n) is 2.34. The van der Waals surface area contributed by atoms with E-state index in [2.05, 4.69) is 0 Å². The molecule has 0 spiro atoms. The van der Waals surface area contributed by atoms with Gasteiger partial charge in [0.05, 0.1) is 12.3 Å². The second kappa shape index (κ2) is 5.80. The number of nitrogens with zero attached hydrogens (tertiary/aromatic N) is 1. The predicted octanol–water partition coefficient (Wildman–Crippen LogP) is 0.985. The van der Waals surface area contributed by atoms with E-state index >= 15 is 0 Å². The number of para-hydroxylation sites is 1. The maximum absolute atomic E-state index is 12.6. The molecule has 20 heavy (non-hydrogen) atoms. The Morgan fingerprint density at radius 1 is 1.45 bits per heavy atom. The Labute approximate surface area is 118 Å². The summed E-state index contributed by atoms with van der Waals surface area (Å²) in [6.45, 7) is 2.23. The van der Waals surface area contributed by atoms with Crippen molar-refractivity contribution in [3.8, 4) is 0 Å². The van der Waals surface area contributed by atoms with Gasteiger partial charge in [-0.3, -0.25) is 4.79 Å². The Kier molecular flexibility index (Phi) is 4.29. The van der Waals surface area contributed by atoms with Crippen LogP contribution in [0.5, 0.6) is 0 Å². The summed E-state index contributed by atoms with van der Waals surface area (Å²) in [4.78, 5) is 11.9. The molecule has 1 heterocycles. The molecule has 0 radical (unpaired) electrons. The van der Waals surface area contributed by atoms with Gasteiger partial charge >= 0.3 is 5.97 Å². The molecule has 2 rings (SSSR count). The minimum Gasteiger partial charge on any atom is -0.465 e. The molecule has 1 fully saturated rings. The highest BCUT2D eigenvalue weighted by Crippen LogP contribution is 2.29. The summed E-state index contributed by atoms with van der Waals surface area (Å²) in [6, 6.07) is 5.51. The minimum absolute atomic E-state index is 0.0381. The lowest BCUT2D eigenvalue weighted by Gasteiger charge is -2.23. The van der Waals surface area contributed by atoms with Crippen LogP contribution >= 0.6 is 0 Å². The number of esters is 1. The van der Waals surface area contributed by atoms with Gasteiger partial charge in [-0.05, 0) is 31.9 Å². The summed E-state index contributed by atoms with van der Waals surface area (Å²) in [7, 11) is -3.77. The molecular weight excluding hydrogens is 280 g/mol. The number of rotatable bonds is 4. The number of nitrogens with two attached hydrogens (primary N) is 1. The molecule has 0 aromatic heterocycles. The Balaban J connectivity index is 2.34. The first-order chi connectivity index (χ1) is 9.48. The highest BCUT2D eigenvalue weighted by Gasteiger charge is 2.40. The van der Waals surface area contributed by atoms with Gasteiger partial charge in [-0.25, -0.2) is 8.42 Å². The van der Waals surface area contributed by atoms with E-state index in [9.17, 15) is 13.2 Å². The van der Waals surface area contributed by atoms with Crippen LogP contribution in [0.2, 0.25) is 0 Å². The van der Waals surface area contributed by atoms with Gasteiger partial charge in [0.25, 0.3) is 0 Å². The van der Waals surface area contributed by atoms with Crippen LogP contribution in [0.25, 0.3) is 0 Å². The largest absolute Gasteiger partial charge is 0.465 e. The molecule has 0 bridgehead atoms. The van der Waals surface area contributed by atoms with E-state index in [-0.39, 0.29) is 17.2 Å². The normalized spacial score (nSPS) is 19.9. The Bertz CT molecular complexity index is 600. The van der Waals surface area contributed by atoms with Crippen LogP contribution in [0.1, 0.15) is 19.8 Å². The number of nitrogen functional groups attached to an aromatic ring is 1. The summed E-state index contributed by atoms with van der Waals surface area (Å²) in [5, 5.41) is 0. The van der Waals surface area contributed by atoms with E-state index in [1.54, 1.807) is 19.1 Å². The Morgan fingerprint density at radius 2 is 2.15 bits per heavy atom. The number of ether oxygens (including phenoxy) is 1. The van der Waals surface area contributed by atoms with E-state index in [0.29, 0.717) is 19.4 Å². The summed E-state index contributed by atoms with van der Waals surface area (Å²) in [5.41, 5.74) is 5.91. The molecule has 0 saturated carbocycles. The van der Waals surface area contributed by atoms with Crippen molar-refractivity contribution in [2.75, 3.05) is 18.9 Å². The quantitative estimate of drug-likeness (QED) is 0.661. The van der Waals surface area contributed by atoms with Crippen LogP contribution in [-0.4, -0.2) is 37.9 Å². The molecule has 1 unspecified atom stereocenters. The van der Waals surface area contributed by atoms with Gasteiger partial charge in [-0.15, -0.1) is 0 Å². The lowest BCUT2D eigenvalue weighted by Crippen LogP contribution is -2.41. The first kappa shape index (κ1) is 14.8. The molecule has 2 N–H and O–H groups in total. The van der Waals surface area contributed by atoms with Crippen molar-refractivity contribution in [1.82, 2.24) is 4.31 Å². The van der Waals surface area contributed by atoms with Crippen LogP contribution in [0.15, 0.2) is 29.2 Å². The van der Waals surface area contributed by atoms with E-state index in [1.165, 1.54) is 16.4 Å². The molecule has 6 nitrogen and oxygen atoms in total. The van der Waals surface area contributed by atoms with Crippen molar-refractivity contribution >= 4 is 21.7 Å². The SMILES string of the molecule is CCOC(=O)C1CCCN1S(=O)(=O)c1ccccc1N. The number of carbonyl (C=O) groups excluding carboxylic acids is 1. The average molecular weight is 298 g/mol. The van der Waals surface area contributed by atoms with Crippen LogP contribution in [0.3, 0.4) is 0 Å². The maximum atomic E-state index is 12.6. The third kappa shape index (κ3) is 2.64. The van der Waals surface area contributed by atoms with Crippen LogP contribution in [0, 0.1) is 0 Å². The van der Waals surface area contributed by atoms with Crippen molar-refractivity contribution in [3.63, 3.8) is 0 Å². The zero-order valence-corrected chi connectivity index (χ0v) is 12.1.